The summed E-state index contributed by atoms with van der Waals surface area (Å²) in [4.78, 5) is 29.1. The number of aromatic nitrogens is 2. The third-order valence-electron chi connectivity index (χ3n) is 5.02. The second kappa shape index (κ2) is 7.45. The molecule has 0 unspecified atom stereocenters. The van der Waals surface area contributed by atoms with Gasteiger partial charge >= 0.3 is 5.69 Å². The molecular formula is C17H27N3O3. The molecule has 0 bridgehead atoms. The summed E-state index contributed by atoms with van der Waals surface area (Å²) in [6.45, 7) is 5.72. The Morgan fingerprint density at radius 3 is 2.70 bits per heavy atom. The first kappa shape index (κ1) is 16.5. The van der Waals surface area contributed by atoms with E-state index in [1.54, 1.807) is 6.92 Å². The Bertz CT molecular complexity index is 595. The number of H-pyrrole nitrogens is 1. The van der Waals surface area contributed by atoms with Crippen molar-refractivity contribution in [2.75, 3.05) is 26.2 Å². The van der Waals surface area contributed by atoms with Crippen LogP contribution in [-0.2, 0) is 11.3 Å². The van der Waals surface area contributed by atoms with E-state index in [9.17, 15) is 9.59 Å². The standard InChI is InChI=1S/C17H27N3O3/c1-13-10-16(21)20(17(22)18-13)8-7-19(11-14-4-2-5-14)12-15-6-3-9-23-15/h10,14-15H,2-9,11-12H2,1H3,(H,18,22)/t15-/m1/s1. The van der Waals surface area contributed by atoms with Gasteiger partial charge in [0.2, 0.25) is 0 Å². The Hall–Kier alpha value is -1.40. The molecule has 0 aromatic carbocycles. The van der Waals surface area contributed by atoms with Gasteiger partial charge in [-0.2, -0.15) is 0 Å². The molecule has 1 aliphatic heterocycles. The number of rotatable bonds is 7. The molecule has 128 valence electrons. The van der Waals surface area contributed by atoms with Crippen molar-refractivity contribution >= 4 is 0 Å². The number of nitrogens with zero attached hydrogens (tertiary/aromatic N) is 2. The normalized spacial score (nSPS) is 21.7. The van der Waals surface area contributed by atoms with E-state index in [0.717, 1.165) is 45.0 Å². The number of nitrogens with one attached hydrogen (secondary N) is 1. The molecule has 2 fully saturated rings. The summed E-state index contributed by atoms with van der Waals surface area (Å²) in [6, 6.07) is 1.48. The van der Waals surface area contributed by atoms with Crippen molar-refractivity contribution in [3.63, 3.8) is 0 Å². The van der Waals surface area contributed by atoms with Crippen LogP contribution in [0.2, 0.25) is 0 Å². The molecule has 1 N–H and O–H groups in total. The van der Waals surface area contributed by atoms with Gasteiger partial charge in [0.1, 0.15) is 0 Å². The lowest BCUT2D eigenvalue weighted by Gasteiger charge is -2.33. The minimum absolute atomic E-state index is 0.216. The average Bonchev–Trinajstić information content (AvgIpc) is 2.94. The van der Waals surface area contributed by atoms with E-state index in [1.807, 2.05) is 0 Å². The zero-order chi connectivity index (χ0) is 16.2. The van der Waals surface area contributed by atoms with Gasteiger partial charge in [0.25, 0.3) is 5.56 Å². The number of hydrogen-bond acceptors (Lipinski definition) is 4. The molecule has 2 aliphatic rings. The average molecular weight is 321 g/mol. The predicted molar refractivity (Wildman–Crippen MR) is 88.8 cm³/mol. The summed E-state index contributed by atoms with van der Waals surface area (Å²) in [5.41, 5.74) is 0.0876. The first-order valence-electron chi connectivity index (χ1n) is 8.76. The first-order valence-corrected chi connectivity index (χ1v) is 8.76. The number of aryl methyl sites for hydroxylation is 1. The van der Waals surface area contributed by atoms with Gasteiger partial charge < -0.3 is 9.72 Å². The first-order chi connectivity index (χ1) is 11.1. The van der Waals surface area contributed by atoms with Gasteiger partial charge in [-0.1, -0.05) is 6.42 Å². The van der Waals surface area contributed by atoms with Crippen molar-refractivity contribution in [2.45, 2.75) is 51.7 Å². The summed E-state index contributed by atoms with van der Waals surface area (Å²) < 4.78 is 7.06. The van der Waals surface area contributed by atoms with Gasteiger partial charge in [-0.15, -0.1) is 0 Å². The topological polar surface area (TPSA) is 67.3 Å². The highest BCUT2D eigenvalue weighted by molar-refractivity contribution is 4.96. The van der Waals surface area contributed by atoms with Gasteiger partial charge in [-0.3, -0.25) is 14.3 Å². The molecule has 3 rings (SSSR count). The number of aromatic amines is 1. The summed E-state index contributed by atoms with van der Waals surface area (Å²) in [6.07, 6.45) is 6.49. The minimum atomic E-state index is -0.310. The molecule has 6 nitrogen and oxygen atoms in total. The van der Waals surface area contributed by atoms with Crippen LogP contribution < -0.4 is 11.2 Å². The Morgan fingerprint density at radius 2 is 2.09 bits per heavy atom. The van der Waals surface area contributed by atoms with Crippen LogP contribution in [0, 0.1) is 12.8 Å². The molecule has 23 heavy (non-hydrogen) atoms. The fourth-order valence-electron chi connectivity index (χ4n) is 3.46. The highest BCUT2D eigenvalue weighted by atomic mass is 16.5. The van der Waals surface area contributed by atoms with Crippen molar-refractivity contribution in [3.8, 4) is 0 Å². The van der Waals surface area contributed by atoms with Crippen LogP contribution in [0.1, 0.15) is 37.8 Å². The quantitative estimate of drug-likeness (QED) is 0.817. The van der Waals surface area contributed by atoms with E-state index in [-0.39, 0.29) is 11.2 Å². The summed E-state index contributed by atoms with van der Waals surface area (Å²) in [5.74, 6) is 0.768. The van der Waals surface area contributed by atoms with Crippen molar-refractivity contribution in [1.29, 1.82) is 0 Å². The fraction of sp³-hybridized carbons (Fsp3) is 0.765. The van der Waals surface area contributed by atoms with E-state index < -0.39 is 0 Å². The van der Waals surface area contributed by atoms with Crippen LogP contribution in [0.15, 0.2) is 15.7 Å². The smallest absolute Gasteiger partial charge is 0.328 e. The minimum Gasteiger partial charge on any atom is -0.377 e. The second-order valence-corrected chi connectivity index (χ2v) is 6.94. The maximum absolute atomic E-state index is 12.0. The maximum Gasteiger partial charge on any atom is 0.328 e. The molecule has 1 saturated heterocycles. The van der Waals surface area contributed by atoms with E-state index in [2.05, 4.69) is 9.88 Å². The Morgan fingerprint density at radius 1 is 1.26 bits per heavy atom. The van der Waals surface area contributed by atoms with Crippen molar-refractivity contribution in [2.24, 2.45) is 5.92 Å². The van der Waals surface area contributed by atoms with E-state index in [1.165, 1.54) is 29.9 Å². The maximum atomic E-state index is 12.0. The van der Waals surface area contributed by atoms with Crippen LogP contribution in [-0.4, -0.2) is 46.8 Å². The fourth-order valence-corrected chi connectivity index (χ4v) is 3.46. The zero-order valence-corrected chi connectivity index (χ0v) is 13.9. The van der Waals surface area contributed by atoms with Gasteiger partial charge in [-0.05, 0) is 38.5 Å². The molecule has 1 aliphatic carbocycles. The molecule has 1 aromatic rings. The zero-order valence-electron chi connectivity index (χ0n) is 13.9. The Kier molecular flexibility index (Phi) is 5.33. The lowest BCUT2D eigenvalue weighted by molar-refractivity contribution is 0.0595. The van der Waals surface area contributed by atoms with Crippen molar-refractivity contribution in [1.82, 2.24) is 14.5 Å². The van der Waals surface area contributed by atoms with Crippen LogP contribution in [0.5, 0.6) is 0 Å². The lowest BCUT2D eigenvalue weighted by atomic mass is 9.85. The number of ether oxygens (including phenoxy) is 1. The van der Waals surface area contributed by atoms with E-state index in [0.29, 0.717) is 18.3 Å². The van der Waals surface area contributed by atoms with Crippen LogP contribution in [0.25, 0.3) is 0 Å². The summed E-state index contributed by atoms with van der Waals surface area (Å²) in [7, 11) is 0. The second-order valence-electron chi connectivity index (χ2n) is 6.94. The summed E-state index contributed by atoms with van der Waals surface area (Å²) >= 11 is 0. The monoisotopic (exact) mass is 321 g/mol. The summed E-state index contributed by atoms with van der Waals surface area (Å²) in [5, 5.41) is 0. The van der Waals surface area contributed by atoms with Crippen molar-refractivity contribution in [3.05, 3.63) is 32.6 Å². The molecule has 1 atom stereocenters. The molecular weight excluding hydrogens is 294 g/mol. The van der Waals surface area contributed by atoms with Gasteiger partial charge in [0.15, 0.2) is 0 Å². The third kappa shape index (κ3) is 4.32. The molecule has 0 spiro atoms. The highest BCUT2D eigenvalue weighted by Crippen LogP contribution is 2.27. The molecule has 1 saturated carbocycles. The number of hydrogen-bond donors (Lipinski definition) is 1. The molecule has 2 heterocycles. The van der Waals surface area contributed by atoms with Crippen LogP contribution in [0.3, 0.4) is 0 Å². The largest absolute Gasteiger partial charge is 0.377 e. The third-order valence-corrected chi connectivity index (χ3v) is 5.02. The molecule has 6 heteroatoms. The Balaban J connectivity index is 1.62. The van der Waals surface area contributed by atoms with E-state index in [4.69, 9.17) is 4.74 Å². The highest BCUT2D eigenvalue weighted by Gasteiger charge is 2.24. The van der Waals surface area contributed by atoms with Crippen molar-refractivity contribution < 1.29 is 4.74 Å². The van der Waals surface area contributed by atoms with Crippen LogP contribution >= 0.6 is 0 Å². The Labute approximate surface area is 136 Å². The van der Waals surface area contributed by atoms with Gasteiger partial charge in [0.05, 0.1) is 6.10 Å². The predicted octanol–water partition coefficient (Wildman–Crippen LogP) is 1.13. The molecule has 0 amide bonds. The van der Waals surface area contributed by atoms with Crippen LogP contribution in [0.4, 0.5) is 0 Å². The van der Waals surface area contributed by atoms with Gasteiger partial charge in [0, 0.05) is 44.5 Å². The molecule has 1 aromatic heterocycles. The molecule has 0 radical (unpaired) electrons. The SMILES string of the molecule is Cc1cc(=O)n(CCN(CC2CCC2)C[C@H]2CCCO2)c(=O)[nH]1. The lowest BCUT2D eigenvalue weighted by Crippen LogP contribution is -2.43. The van der Waals surface area contributed by atoms with E-state index >= 15 is 0 Å². The van der Waals surface area contributed by atoms with Gasteiger partial charge in [-0.25, -0.2) is 4.79 Å².